The zero-order valence-corrected chi connectivity index (χ0v) is 10.4. The van der Waals surface area contributed by atoms with Crippen molar-refractivity contribution in [2.45, 2.75) is 25.9 Å². The molecule has 2 heterocycles. The van der Waals surface area contributed by atoms with Crippen molar-refractivity contribution in [1.29, 1.82) is 0 Å². The van der Waals surface area contributed by atoms with Crippen molar-refractivity contribution in [2.75, 3.05) is 4.90 Å². The second kappa shape index (κ2) is 4.38. The Kier molecular flexibility index (Phi) is 2.72. The highest BCUT2D eigenvalue weighted by atomic mass is 15.3. The second-order valence-electron chi connectivity index (χ2n) is 4.64. The average molecular weight is 240 g/mol. The summed E-state index contributed by atoms with van der Waals surface area (Å²) in [6.07, 6.45) is 2.73. The summed E-state index contributed by atoms with van der Waals surface area (Å²) < 4.78 is 0. The van der Waals surface area contributed by atoms with Gasteiger partial charge in [0, 0.05) is 23.8 Å². The van der Waals surface area contributed by atoms with Gasteiger partial charge in [-0.15, -0.1) is 5.10 Å². The van der Waals surface area contributed by atoms with E-state index in [0.717, 1.165) is 17.8 Å². The van der Waals surface area contributed by atoms with Crippen LogP contribution in [-0.4, -0.2) is 16.2 Å². The number of aromatic nitrogens is 2. The van der Waals surface area contributed by atoms with Gasteiger partial charge in [-0.05, 0) is 31.0 Å². The molecule has 4 nitrogen and oxygen atoms in total. The summed E-state index contributed by atoms with van der Waals surface area (Å²) in [6.45, 7) is 2.69. The molecule has 1 aromatic heterocycles. The maximum absolute atomic E-state index is 5.79. The molecule has 0 amide bonds. The van der Waals surface area contributed by atoms with E-state index in [1.807, 2.05) is 6.07 Å². The Balaban J connectivity index is 2.12. The molecule has 3 rings (SSSR count). The Hall–Kier alpha value is -1.94. The number of nitrogens with two attached hydrogens (primary N) is 1. The minimum absolute atomic E-state index is 0.393. The van der Waals surface area contributed by atoms with Crippen molar-refractivity contribution in [2.24, 2.45) is 5.73 Å². The third-order valence-corrected chi connectivity index (χ3v) is 3.44. The van der Waals surface area contributed by atoms with Crippen LogP contribution in [-0.2, 0) is 13.0 Å². The van der Waals surface area contributed by atoms with Crippen molar-refractivity contribution in [3.63, 3.8) is 0 Å². The van der Waals surface area contributed by atoms with Crippen molar-refractivity contribution in [1.82, 2.24) is 10.2 Å². The van der Waals surface area contributed by atoms with Crippen molar-refractivity contribution in [3.8, 4) is 0 Å². The molecule has 0 bridgehead atoms. The summed E-state index contributed by atoms with van der Waals surface area (Å²) in [5.74, 6) is 0.887. The lowest BCUT2D eigenvalue weighted by molar-refractivity contribution is 0.737. The van der Waals surface area contributed by atoms with Gasteiger partial charge in [-0.2, -0.15) is 5.10 Å². The molecule has 2 aromatic rings. The van der Waals surface area contributed by atoms with Gasteiger partial charge in [-0.25, -0.2) is 0 Å². The van der Waals surface area contributed by atoms with Gasteiger partial charge in [0.2, 0.25) is 0 Å². The summed E-state index contributed by atoms with van der Waals surface area (Å²) in [5.41, 5.74) is 9.41. The molecule has 4 heteroatoms. The summed E-state index contributed by atoms with van der Waals surface area (Å²) in [6, 6.07) is 10.8. The molecule has 1 aliphatic heterocycles. The lowest BCUT2D eigenvalue weighted by Gasteiger charge is -2.25. The topological polar surface area (TPSA) is 55.0 Å². The number of rotatable bonds is 2. The minimum Gasteiger partial charge on any atom is -0.326 e. The van der Waals surface area contributed by atoms with Crippen LogP contribution in [0.2, 0.25) is 0 Å². The quantitative estimate of drug-likeness (QED) is 0.872. The zero-order chi connectivity index (χ0) is 12.5. The van der Waals surface area contributed by atoms with E-state index >= 15 is 0 Å². The summed E-state index contributed by atoms with van der Waals surface area (Å²) >= 11 is 0. The van der Waals surface area contributed by atoms with Crippen LogP contribution in [0.25, 0.3) is 0 Å². The maximum Gasteiger partial charge on any atom is 0.160 e. The first kappa shape index (κ1) is 11.2. The Labute approximate surface area is 106 Å². The van der Waals surface area contributed by atoms with Crippen LogP contribution in [0, 0.1) is 0 Å². The second-order valence-corrected chi connectivity index (χ2v) is 4.64. The van der Waals surface area contributed by atoms with E-state index in [0.29, 0.717) is 12.6 Å². The molecule has 18 heavy (non-hydrogen) atoms. The van der Waals surface area contributed by atoms with E-state index in [4.69, 9.17) is 5.73 Å². The van der Waals surface area contributed by atoms with Gasteiger partial charge in [-0.1, -0.05) is 18.2 Å². The molecular weight excluding hydrogens is 224 g/mol. The number of nitrogens with zero attached hydrogens (tertiary/aromatic N) is 3. The standard InChI is InChI=1S/C14H16N4/c1-10-8-11-4-2-3-5-13(11)18(10)14-12(9-15)6-7-16-17-14/h2-7,10H,8-9,15H2,1H3. The van der Waals surface area contributed by atoms with Gasteiger partial charge in [0.1, 0.15) is 0 Å². The first-order chi connectivity index (χ1) is 8.81. The predicted molar refractivity (Wildman–Crippen MR) is 71.7 cm³/mol. The highest BCUT2D eigenvalue weighted by Crippen LogP contribution is 2.37. The fourth-order valence-electron chi connectivity index (χ4n) is 2.60. The molecule has 1 aromatic carbocycles. The maximum atomic E-state index is 5.79. The van der Waals surface area contributed by atoms with Crippen LogP contribution < -0.4 is 10.6 Å². The number of para-hydroxylation sites is 1. The van der Waals surface area contributed by atoms with Crippen LogP contribution in [0.15, 0.2) is 36.5 Å². The van der Waals surface area contributed by atoms with Crippen molar-refractivity contribution >= 4 is 11.5 Å². The Bertz CT molecular complexity index is 567. The van der Waals surface area contributed by atoms with Crippen LogP contribution in [0.4, 0.5) is 11.5 Å². The third-order valence-electron chi connectivity index (χ3n) is 3.44. The molecule has 0 radical (unpaired) electrons. The average Bonchev–Trinajstić information content (AvgIpc) is 2.74. The number of fused-ring (bicyclic) bond motifs is 1. The van der Waals surface area contributed by atoms with Crippen LogP contribution in [0.3, 0.4) is 0 Å². The van der Waals surface area contributed by atoms with E-state index in [-0.39, 0.29) is 0 Å². The number of hydrogen-bond donors (Lipinski definition) is 1. The zero-order valence-electron chi connectivity index (χ0n) is 10.4. The molecule has 0 saturated carbocycles. The fraction of sp³-hybridized carbons (Fsp3) is 0.286. The van der Waals surface area contributed by atoms with Crippen LogP contribution in [0.1, 0.15) is 18.1 Å². The first-order valence-corrected chi connectivity index (χ1v) is 6.19. The normalized spacial score (nSPS) is 17.9. The van der Waals surface area contributed by atoms with Crippen LogP contribution >= 0.6 is 0 Å². The van der Waals surface area contributed by atoms with Crippen LogP contribution in [0.5, 0.6) is 0 Å². The molecule has 1 atom stereocenters. The molecule has 0 fully saturated rings. The van der Waals surface area contributed by atoms with E-state index in [1.165, 1.54) is 11.3 Å². The van der Waals surface area contributed by atoms with Gasteiger partial charge in [0.15, 0.2) is 5.82 Å². The van der Waals surface area contributed by atoms with E-state index in [2.05, 4.69) is 46.3 Å². The third kappa shape index (κ3) is 1.66. The van der Waals surface area contributed by atoms with Gasteiger partial charge < -0.3 is 10.6 Å². The number of hydrogen-bond acceptors (Lipinski definition) is 4. The molecule has 1 unspecified atom stereocenters. The molecular formula is C14H16N4. The molecule has 2 N–H and O–H groups in total. The molecule has 92 valence electrons. The fourth-order valence-corrected chi connectivity index (χ4v) is 2.60. The molecule has 0 spiro atoms. The van der Waals surface area contributed by atoms with E-state index < -0.39 is 0 Å². The van der Waals surface area contributed by atoms with Crippen molar-refractivity contribution < 1.29 is 0 Å². The monoisotopic (exact) mass is 240 g/mol. The van der Waals surface area contributed by atoms with E-state index in [9.17, 15) is 0 Å². The van der Waals surface area contributed by atoms with Crippen molar-refractivity contribution in [3.05, 3.63) is 47.7 Å². The van der Waals surface area contributed by atoms with Gasteiger partial charge in [-0.3, -0.25) is 0 Å². The van der Waals surface area contributed by atoms with E-state index in [1.54, 1.807) is 6.20 Å². The van der Waals surface area contributed by atoms with Gasteiger partial charge in [0.05, 0.1) is 6.20 Å². The smallest absolute Gasteiger partial charge is 0.160 e. The summed E-state index contributed by atoms with van der Waals surface area (Å²) in [5, 5.41) is 8.27. The lowest BCUT2D eigenvalue weighted by atomic mass is 10.1. The summed E-state index contributed by atoms with van der Waals surface area (Å²) in [4.78, 5) is 2.24. The Morgan fingerprint density at radius 1 is 1.33 bits per heavy atom. The summed E-state index contributed by atoms with van der Waals surface area (Å²) in [7, 11) is 0. The SMILES string of the molecule is CC1Cc2ccccc2N1c1nnccc1CN. The minimum atomic E-state index is 0.393. The highest BCUT2D eigenvalue weighted by Gasteiger charge is 2.29. The highest BCUT2D eigenvalue weighted by molar-refractivity contribution is 5.70. The molecule has 1 aliphatic rings. The number of benzene rings is 1. The molecule has 0 aliphatic carbocycles. The first-order valence-electron chi connectivity index (χ1n) is 6.19. The Morgan fingerprint density at radius 2 is 2.17 bits per heavy atom. The molecule has 0 saturated heterocycles. The lowest BCUT2D eigenvalue weighted by Crippen LogP contribution is -2.26. The largest absolute Gasteiger partial charge is 0.326 e. The predicted octanol–water partition coefficient (Wildman–Crippen LogP) is 2.02. The number of anilines is 2. The van der Waals surface area contributed by atoms with Gasteiger partial charge in [0.25, 0.3) is 0 Å². The Morgan fingerprint density at radius 3 is 3.00 bits per heavy atom. The van der Waals surface area contributed by atoms with Gasteiger partial charge >= 0.3 is 0 Å².